The van der Waals surface area contributed by atoms with Crippen LogP contribution in [0.2, 0.25) is 0 Å². The predicted octanol–water partition coefficient (Wildman–Crippen LogP) is 3.49. The van der Waals surface area contributed by atoms with Gasteiger partial charge in [-0.1, -0.05) is 40.4 Å². The zero-order valence-electron chi connectivity index (χ0n) is 14.1. The highest BCUT2D eigenvalue weighted by atomic mass is 32.2. The van der Waals surface area contributed by atoms with Gasteiger partial charge in [0.2, 0.25) is 11.0 Å². The van der Waals surface area contributed by atoms with Crippen LogP contribution < -0.4 is 5.32 Å². The lowest BCUT2D eigenvalue weighted by Crippen LogP contribution is -2.15. The van der Waals surface area contributed by atoms with Gasteiger partial charge in [0.1, 0.15) is 5.76 Å². The number of nitrogens with one attached hydrogen (secondary N) is 1. The Morgan fingerprint density at radius 2 is 2.08 bits per heavy atom. The molecule has 2 aromatic heterocycles. The molecule has 0 saturated carbocycles. The average Bonchev–Trinajstić information content (AvgIpc) is 3.21. The van der Waals surface area contributed by atoms with Gasteiger partial charge in [-0.15, -0.1) is 10.2 Å². The molecule has 7 nitrogen and oxygen atoms in total. The van der Waals surface area contributed by atoms with Gasteiger partial charge in [0.25, 0.3) is 0 Å². The smallest absolute Gasteiger partial charge is 0.230 e. The van der Waals surface area contributed by atoms with E-state index in [2.05, 4.69) is 26.7 Å². The number of aromatic nitrogens is 3. The topological polar surface area (TPSA) is 105 Å². The molecular formula is C17H15N5O2S2. The molecule has 0 unspecified atom stereocenters. The number of rotatable bonds is 6. The van der Waals surface area contributed by atoms with E-state index in [9.17, 15) is 4.79 Å². The van der Waals surface area contributed by atoms with Gasteiger partial charge < -0.3 is 9.84 Å². The molecule has 1 amide bonds. The van der Waals surface area contributed by atoms with E-state index in [-0.39, 0.29) is 12.3 Å². The van der Waals surface area contributed by atoms with E-state index in [0.717, 1.165) is 15.5 Å². The predicted molar refractivity (Wildman–Crippen MR) is 98.9 cm³/mol. The van der Waals surface area contributed by atoms with Crippen LogP contribution in [-0.2, 0) is 17.0 Å². The number of carbonyl (C=O) groups excluding carboxylic acids is 1. The van der Waals surface area contributed by atoms with Crippen molar-refractivity contribution in [1.29, 1.82) is 5.26 Å². The molecule has 0 aliphatic heterocycles. The maximum atomic E-state index is 12.2. The van der Waals surface area contributed by atoms with Gasteiger partial charge in [0.05, 0.1) is 23.7 Å². The van der Waals surface area contributed by atoms with Crippen molar-refractivity contribution in [2.45, 2.75) is 30.4 Å². The van der Waals surface area contributed by atoms with Crippen LogP contribution in [0.3, 0.4) is 0 Å². The Hall–Kier alpha value is -2.70. The van der Waals surface area contributed by atoms with E-state index in [4.69, 9.17) is 9.78 Å². The summed E-state index contributed by atoms with van der Waals surface area (Å²) in [6.45, 7) is 3.59. The Kier molecular flexibility index (Phi) is 5.65. The third kappa shape index (κ3) is 4.47. The number of thioether (sulfide) groups is 1. The summed E-state index contributed by atoms with van der Waals surface area (Å²) >= 11 is 2.86. The monoisotopic (exact) mass is 385 g/mol. The summed E-state index contributed by atoms with van der Waals surface area (Å²) in [5, 5.41) is 24.0. The van der Waals surface area contributed by atoms with Gasteiger partial charge >= 0.3 is 0 Å². The standard InChI is InChI=1S/C17H15N5O2S2/c1-10-14(11(2)24-22-10)7-15(23)19-16-20-21-17(26-16)25-9-13-5-3-12(8-18)4-6-13/h3-6H,7,9H2,1-2H3,(H,19,20,23). The van der Waals surface area contributed by atoms with Crippen molar-refractivity contribution in [3.05, 3.63) is 52.4 Å². The van der Waals surface area contributed by atoms with Gasteiger partial charge in [-0.3, -0.25) is 4.79 Å². The summed E-state index contributed by atoms with van der Waals surface area (Å²) < 4.78 is 5.83. The molecule has 0 bridgehead atoms. The number of hydrogen-bond donors (Lipinski definition) is 1. The first-order valence-corrected chi connectivity index (χ1v) is 9.52. The quantitative estimate of drug-likeness (QED) is 0.511. The lowest BCUT2D eigenvalue weighted by Gasteiger charge is -2.00. The molecule has 0 fully saturated rings. The van der Waals surface area contributed by atoms with E-state index in [1.54, 1.807) is 19.1 Å². The van der Waals surface area contributed by atoms with Gasteiger partial charge in [-0.25, -0.2) is 0 Å². The summed E-state index contributed by atoms with van der Waals surface area (Å²) in [4.78, 5) is 12.2. The van der Waals surface area contributed by atoms with Crippen molar-refractivity contribution in [3.8, 4) is 6.07 Å². The van der Waals surface area contributed by atoms with E-state index >= 15 is 0 Å². The molecular weight excluding hydrogens is 370 g/mol. The number of benzene rings is 1. The van der Waals surface area contributed by atoms with Crippen molar-refractivity contribution < 1.29 is 9.32 Å². The molecule has 3 rings (SSSR count). The van der Waals surface area contributed by atoms with E-state index in [1.807, 2.05) is 19.1 Å². The molecule has 132 valence electrons. The number of amides is 1. The highest BCUT2D eigenvalue weighted by Crippen LogP contribution is 2.28. The highest BCUT2D eigenvalue weighted by Gasteiger charge is 2.15. The van der Waals surface area contributed by atoms with E-state index in [1.165, 1.54) is 23.1 Å². The third-order valence-electron chi connectivity index (χ3n) is 3.62. The second-order valence-electron chi connectivity index (χ2n) is 5.50. The molecule has 0 radical (unpaired) electrons. The number of nitrogens with zero attached hydrogens (tertiary/aromatic N) is 4. The fraction of sp³-hybridized carbons (Fsp3) is 0.235. The molecule has 0 atom stereocenters. The van der Waals surface area contributed by atoms with Crippen molar-refractivity contribution >= 4 is 34.1 Å². The highest BCUT2D eigenvalue weighted by molar-refractivity contribution is 8.00. The fourth-order valence-corrected chi connectivity index (χ4v) is 3.94. The van der Waals surface area contributed by atoms with Gasteiger partial charge in [0.15, 0.2) is 4.34 Å². The molecule has 9 heteroatoms. The first kappa shape index (κ1) is 18.1. The summed E-state index contributed by atoms with van der Waals surface area (Å²) in [6, 6.07) is 9.50. The molecule has 1 aromatic carbocycles. The van der Waals surface area contributed by atoms with Crippen molar-refractivity contribution in [2.75, 3.05) is 5.32 Å². The van der Waals surface area contributed by atoms with Crippen molar-refractivity contribution in [3.63, 3.8) is 0 Å². The molecule has 1 N–H and O–H groups in total. The summed E-state index contributed by atoms with van der Waals surface area (Å²) in [5.41, 5.74) is 3.24. The molecule has 0 spiro atoms. The number of carbonyl (C=O) groups is 1. The SMILES string of the molecule is Cc1noc(C)c1CC(=O)Nc1nnc(SCc2ccc(C#N)cc2)s1. The number of nitriles is 1. The fourth-order valence-electron chi connectivity index (χ4n) is 2.22. The van der Waals surface area contributed by atoms with E-state index in [0.29, 0.717) is 27.9 Å². The lowest BCUT2D eigenvalue weighted by molar-refractivity contribution is -0.115. The van der Waals surface area contributed by atoms with Crippen LogP contribution in [-0.4, -0.2) is 21.3 Å². The summed E-state index contributed by atoms with van der Waals surface area (Å²) in [5.74, 6) is 1.18. The Labute approximate surface area is 158 Å². The zero-order valence-corrected chi connectivity index (χ0v) is 15.8. The minimum Gasteiger partial charge on any atom is -0.361 e. The van der Waals surface area contributed by atoms with Crippen LogP contribution in [0.5, 0.6) is 0 Å². The molecule has 3 aromatic rings. The van der Waals surface area contributed by atoms with Crippen LogP contribution in [0, 0.1) is 25.2 Å². The molecule has 26 heavy (non-hydrogen) atoms. The molecule has 0 aliphatic rings. The van der Waals surface area contributed by atoms with Gasteiger partial charge in [-0.05, 0) is 31.5 Å². The number of anilines is 1. The van der Waals surface area contributed by atoms with Crippen LogP contribution in [0.1, 0.15) is 28.1 Å². The largest absolute Gasteiger partial charge is 0.361 e. The van der Waals surface area contributed by atoms with Gasteiger partial charge in [0, 0.05) is 11.3 Å². The maximum absolute atomic E-state index is 12.2. The Morgan fingerprint density at radius 3 is 2.73 bits per heavy atom. The second-order valence-corrected chi connectivity index (χ2v) is 7.70. The summed E-state index contributed by atoms with van der Waals surface area (Å²) in [6.07, 6.45) is 0.189. The minimum atomic E-state index is -0.181. The van der Waals surface area contributed by atoms with E-state index < -0.39 is 0 Å². The lowest BCUT2D eigenvalue weighted by atomic mass is 10.1. The second kappa shape index (κ2) is 8.12. The van der Waals surface area contributed by atoms with Crippen LogP contribution in [0.25, 0.3) is 0 Å². The Bertz CT molecular complexity index is 937. The Morgan fingerprint density at radius 1 is 1.31 bits per heavy atom. The maximum Gasteiger partial charge on any atom is 0.230 e. The van der Waals surface area contributed by atoms with Crippen molar-refractivity contribution in [1.82, 2.24) is 15.4 Å². The minimum absolute atomic E-state index is 0.181. The third-order valence-corrected chi connectivity index (χ3v) is 5.66. The first-order valence-electron chi connectivity index (χ1n) is 7.72. The number of aryl methyl sites for hydroxylation is 2. The van der Waals surface area contributed by atoms with Crippen molar-refractivity contribution in [2.24, 2.45) is 0 Å². The van der Waals surface area contributed by atoms with Gasteiger partial charge in [-0.2, -0.15) is 5.26 Å². The zero-order chi connectivity index (χ0) is 18.5. The van der Waals surface area contributed by atoms with Crippen LogP contribution in [0.15, 0.2) is 33.1 Å². The summed E-state index contributed by atoms with van der Waals surface area (Å²) in [7, 11) is 0. The first-order chi connectivity index (χ1) is 12.5. The molecule has 0 saturated heterocycles. The Balaban J connectivity index is 1.54. The normalized spacial score (nSPS) is 10.5. The number of hydrogen-bond acceptors (Lipinski definition) is 8. The molecule has 2 heterocycles. The molecule has 0 aliphatic carbocycles. The van der Waals surface area contributed by atoms with Crippen LogP contribution in [0.4, 0.5) is 5.13 Å². The average molecular weight is 385 g/mol. The van der Waals surface area contributed by atoms with Crippen LogP contribution >= 0.6 is 23.1 Å².